The number of hydrogen-bond acceptors (Lipinski definition) is 2. The van der Waals surface area contributed by atoms with Crippen LogP contribution in [0.25, 0.3) is 10.9 Å². The first kappa shape index (κ1) is 12.4. The molecule has 0 saturated heterocycles. The predicted molar refractivity (Wildman–Crippen MR) is 76.2 cm³/mol. The van der Waals surface area contributed by atoms with E-state index in [0.717, 1.165) is 35.9 Å². The summed E-state index contributed by atoms with van der Waals surface area (Å²) in [5.41, 5.74) is 2.00. The number of carbonyl (C=O) groups is 1. The minimum Gasteiger partial charge on any atom is -0.477 e. The van der Waals surface area contributed by atoms with Crippen molar-refractivity contribution in [1.82, 2.24) is 4.98 Å². The van der Waals surface area contributed by atoms with E-state index in [0.29, 0.717) is 6.04 Å². The van der Waals surface area contributed by atoms with Crippen molar-refractivity contribution >= 4 is 34.2 Å². The average Bonchev–Trinajstić information content (AvgIpc) is 2.96. The fourth-order valence-corrected chi connectivity index (χ4v) is 3.01. The van der Waals surface area contributed by atoms with Crippen molar-refractivity contribution in [3.8, 4) is 0 Å². The van der Waals surface area contributed by atoms with Crippen LogP contribution in [0.15, 0.2) is 24.3 Å². The van der Waals surface area contributed by atoms with Crippen LogP contribution in [0.5, 0.6) is 0 Å². The molecular formula is C14H15ClN2O2. The Hall–Kier alpha value is -1.68. The van der Waals surface area contributed by atoms with Gasteiger partial charge in [-0.1, -0.05) is 12.1 Å². The van der Waals surface area contributed by atoms with Gasteiger partial charge in [-0.25, -0.2) is 4.79 Å². The number of fused-ring (bicyclic) bond motifs is 1. The first-order valence-corrected chi connectivity index (χ1v) is 6.83. The highest BCUT2D eigenvalue weighted by Gasteiger charge is 2.23. The number of aromatic amines is 1. The molecule has 0 radical (unpaired) electrons. The van der Waals surface area contributed by atoms with Crippen LogP contribution in [0.3, 0.4) is 0 Å². The molecule has 1 aromatic heterocycles. The van der Waals surface area contributed by atoms with Gasteiger partial charge in [0.1, 0.15) is 5.69 Å². The van der Waals surface area contributed by atoms with Crippen LogP contribution in [0.4, 0.5) is 5.69 Å². The lowest BCUT2D eigenvalue weighted by Crippen LogP contribution is -2.15. The zero-order chi connectivity index (χ0) is 13.4. The third-order valence-electron chi connectivity index (χ3n) is 3.61. The fraction of sp³-hybridized carbons (Fsp3) is 0.357. The second-order valence-electron chi connectivity index (χ2n) is 5.01. The molecule has 0 bridgehead atoms. The Labute approximate surface area is 115 Å². The lowest BCUT2D eigenvalue weighted by Gasteiger charge is -2.14. The normalized spacial score (nSPS) is 22.8. The van der Waals surface area contributed by atoms with E-state index in [1.54, 1.807) is 6.07 Å². The largest absolute Gasteiger partial charge is 0.477 e. The number of carboxylic acids is 1. The van der Waals surface area contributed by atoms with Crippen molar-refractivity contribution in [3.63, 3.8) is 0 Å². The third kappa shape index (κ3) is 2.40. The molecule has 1 fully saturated rings. The average molecular weight is 279 g/mol. The van der Waals surface area contributed by atoms with Crippen molar-refractivity contribution in [2.45, 2.75) is 30.7 Å². The van der Waals surface area contributed by atoms with Crippen LogP contribution < -0.4 is 5.32 Å². The van der Waals surface area contributed by atoms with Crippen LogP contribution in [-0.2, 0) is 0 Å². The minimum absolute atomic E-state index is 0.214. The summed E-state index contributed by atoms with van der Waals surface area (Å²) in [7, 11) is 0. The van der Waals surface area contributed by atoms with Crippen molar-refractivity contribution in [2.24, 2.45) is 0 Å². The van der Waals surface area contributed by atoms with Crippen LogP contribution in [0, 0.1) is 0 Å². The molecule has 3 N–H and O–H groups in total. The smallest absolute Gasteiger partial charge is 0.352 e. The number of rotatable bonds is 3. The molecule has 1 aromatic carbocycles. The molecule has 1 heterocycles. The Morgan fingerprint density at radius 3 is 2.95 bits per heavy atom. The summed E-state index contributed by atoms with van der Waals surface area (Å²) in [5, 5.41) is 13.6. The number of aromatic carboxylic acids is 1. The highest BCUT2D eigenvalue weighted by molar-refractivity contribution is 6.20. The van der Waals surface area contributed by atoms with E-state index in [-0.39, 0.29) is 11.1 Å². The lowest BCUT2D eigenvalue weighted by molar-refractivity contribution is 0.0691. The summed E-state index contributed by atoms with van der Waals surface area (Å²) in [6.07, 6.45) is 3.03. The number of H-pyrrole nitrogens is 1. The van der Waals surface area contributed by atoms with Gasteiger partial charge in [-0.15, -0.1) is 11.6 Å². The molecule has 0 aliphatic heterocycles. The summed E-state index contributed by atoms with van der Waals surface area (Å²) >= 11 is 6.11. The molecule has 0 amide bonds. The molecule has 1 aliphatic carbocycles. The van der Waals surface area contributed by atoms with Crippen molar-refractivity contribution < 1.29 is 9.90 Å². The number of alkyl halides is 1. The Bertz CT molecular complexity index is 623. The minimum atomic E-state index is -0.941. The Kier molecular flexibility index (Phi) is 3.11. The molecule has 2 atom stereocenters. The molecular weight excluding hydrogens is 264 g/mol. The van der Waals surface area contributed by atoms with Crippen molar-refractivity contribution in [3.05, 3.63) is 30.0 Å². The van der Waals surface area contributed by atoms with Gasteiger partial charge in [0.15, 0.2) is 0 Å². The lowest BCUT2D eigenvalue weighted by atomic mass is 10.2. The maximum Gasteiger partial charge on any atom is 0.352 e. The van der Waals surface area contributed by atoms with E-state index in [9.17, 15) is 4.79 Å². The number of benzene rings is 1. The maximum absolute atomic E-state index is 11.0. The highest BCUT2D eigenvalue weighted by Crippen LogP contribution is 2.30. The molecule has 3 rings (SSSR count). The van der Waals surface area contributed by atoms with Gasteiger partial charge in [0.2, 0.25) is 0 Å². The standard InChI is InChI=1S/C14H15ClN2O2/c15-9-4-5-10(7-9)16-11-3-1-2-8-6-12(14(18)19)17-13(8)11/h1-3,6,9-10,16-17H,4-5,7H2,(H,18,19). The summed E-state index contributed by atoms with van der Waals surface area (Å²) in [4.78, 5) is 14.0. The number of anilines is 1. The summed E-state index contributed by atoms with van der Waals surface area (Å²) in [6.45, 7) is 0. The molecule has 4 nitrogen and oxygen atoms in total. The first-order chi connectivity index (χ1) is 9.13. The van der Waals surface area contributed by atoms with Gasteiger partial charge in [0.05, 0.1) is 11.2 Å². The Balaban J connectivity index is 1.92. The van der Waals surface area contributed by atoms with E-state index in [1.807, 2.05) is 18.2 Å². The van der Waals surface area contributed by atoms with E-state index in [2.05, 4.69) is 10.3 Å². The van der Waals surface area contributed by atoms with E-state index >= 15 is 0 Å². The van der Waals surface area contributed by atoms with Crippen molar-refractivity contribution in [1.29, 1.82) is 0 Å². The number of nitrogens with one attached hydrogen (secondary N) is 2. The SMILES string of the molecule is O=C(O)c1cc2cccc(NC3CCC(Cl)C3)c2[nH]1. The van der Waals surface area contributed by atoms with Crippen LogP contribution in [0.1, 0.15) is 29.8 Å². The molecule has 2 aromatic rings. The number of para-hydroxylation sites is 1. The van der Waals surface area contributed by atoms with Crippen LogP contribution >= 0.6 is 11.6 Å². The second-order valence-corrected chi connectivity index (χ2v) is 5.63. The van der Waals surface area contributed by atoms with E-state index < -0.39 is 5.97 Å². The van der Waals surface area contributed by atoms with Gasteiger partial charge in [-0.3, -0.25) is 0 Å². The van der Waals surface area contributed by atoms with Crippen LogP contribution in [0.2, 0.25) is 0 Å². The first-order valence-electron chi connectivity index (χ1n) is 6.39. The maximum atomic E-state index is 11.0. The summed E-state index contributed by atoms with van der Waals surface area (Å²) in [6, 6.07) is 7.82. The third-order valence-corrected chi connectivity index (χ3v) is 4.01. The molecule has 100 valence electrons. The Morgan fingerprint density at radius 1 is 1.42 bits per heavy atom. The zero-order valence-corrected chi connectivity index (χ0v) is 11.1. The van der Waals surface area contributed by atoms with E-state index in [4.69, 9.17) is 16.7 Å². The van der Waals surface area contributed by atoms with Crippen molar-refractivity contribution in [2.75, 3.05) is 5.32 Å². The zero-order valence-electron chi connectivity index (χ0n) is 10.3. The summed E-state index contributed by atoms with van der Waals surface area (Å²) < 4.78 is 0. The monoisotopic (exact) mass is 278 g/mol. The molecule has 1 aliphatic rings. The van der Waals surface area contributed by atoms with Gasteiger partial charge in [-0.2, -0.15) is 0 Å². The topological polar surface area (TPSA) is 65.1 Å². The van der Waals surface area contributed by atoms with Gasteiger partial charge in [0, 0.05) is 16.8 Å². The van der Waals surface area contributed by atoms with Gasteiger partial charge < -0.3 is 15.4 Å². The molecule has 5 heteroatoms. The second kappa shape index (κ2) is 4.78. The number of aromatic nitrogens is 1. The summed E-state index contributed by atoms with van der Waals surface area (Å²) in [5.74, 6) is -0.941. The number of halogens is 1. The van der Waals surface area contributed by atoms with Crippen LogP contribution in [-0.4, -0.2) is 27.5 Å². The number of hydrogen-bond donors (Lipinski definition) is 3. The number of carboxylic acid groups (broad SMARTS) is 1. The fourth-order valence-electron chi connectivity index (χ4n) is 2.67. The van der Waals surface area contributed by atoms with Gasteiger partial charge >= 0.3 is 5.97 Å². The quantitative estimate of drug-likeness (QED) is 0.754. The highest BCUT2D eigenvalue weighted by atomic mass is 35.5. The molecule has 19 heavy (non-hydrogen) atoms. The molecule has 2 unspecified atom stereocenters. The van der Waals surface area contributed by atoms with E-state index in [1.165, 1.54) is 0 Å². The predicted octanol–water partition coefficient (Wildman–Crippen LogP) is 3.44. The van der Waals surface area contributed by atoms with Gasteiger partial charge in [0.25, 0.3) is 0 Å². The molecule has 1 saturated carbocycles. The Morgan fingerprint density at radius 2 is 2.26 bits per heavy atom. The van der Waals surface area contributed by atoms with Gasteiger partial charge in [-0.05, 0) is 31.4 Å². The molecule has 0 spiro atoms.